The summed E-state index contributed by atoms with van der Waals surface area (Å²) in [6.07, 6.45) is 8.14. The minimum Gasteiger partial charge on any atom is -0.303 e. The van der Waals surface area contributed by atoms with Crippen LogP contribution in [0.15, 0.2) is 0 Å². The summed E-state index contributed by atoms with van der Waals surface area (Å²) in [5, 5.41) is 0. The van der Waals surface area contributed by atoms with E-state index < -0.39 is 0 Å². The smallest absolute Gasteiger partial charge is 0.119 e. The van der Waals surface area contributed by atoms with E-state index in [0.717, 1.165) is 23.7 Å². The molecule has 1 aliphatic rings. The molecule has 0 unspecified atom stereocenters. The first-order chi connectivity index (χ1) is 6.43. The third kappa shape index (κ3) is 5.63. The van der Waals surface area contributed by atoms with Gasteiger partial charge in [-0.2, -0.15) is 0 Å². The first-order valence-electron chi connectivity index (χ1n) is 5.10. The fourth-order valence-corrected chi connectivity index (χ4v) is 4.38. The Hall–Kier alpha value is 0.370. The Morgan fingerprint density at radius 3 is 2.62 bits per heavy atom. The van der Waals surface area contributed by atoms with E-state index in [2.05, 4.69) is 23.5 Å². The normalized spacial score (nSPS) is 18.8. The lowest BCUT2D eigenvalue weighted by atomic mass is 10.2. The van der Waals surface area contributed by atoms with E-state index in [0.29, 0.717) is 0 Å². The van der Waals surface area contributed by atoms with Crippen LogP contribution >= 0.6 is 23.5 Å². The summed E-state index contributed by atoms with van der Waals surface area (Å²) in [5.41, 5.74) is 0. The molecule has 0 aliphatic carbocycles. The molecule has 0 saturated carbocycles. The maximum absolute atomic E-state index is 10.1. The summed E-state index contributed by atoms with van der Waals surface area (Å²) in [5.74, 6) is 2.71. The fourth-order valence-electron chi connectivity index (χ4n) is 1.42. The van der Waals surface area contributed by atoms with Crippen LogP contribution in [0.25, 0.3) is 0 Å². The van der Waals surface area contributed by atoms with Gasteiger partial charge in [-0.3, -0.25) is 0 Å². The summed E-state index contributed by atoms with van der Waals surface area (Å²) < 4.78 is 0.852. The third-order valence-electron chi connectivity index (χ3n) is 2.16. The van der Waals surface area contributed by atoms with Gasteiger partial charge < -0.3 is 4.79 Å². The van der Waals surface area contributed by atoms with Crippen LogP contribution in [0.1, 0.15) is 38.5 Å². The molecule has 0 spiro atoms. The zero-order chi connectivity index (χ0) is 9.36. The van der Waals surface area contributed by atoms with Gasteiger partial charge in [0.15, 0.2) is 0 Å². The fraction of sp³-hybridized carbons (Fsp3) is 0.900. The number of hydrogen-bond donors (Lipinski definition) is 0. The molecule has 1 saturated heterocycles. The first kappa shape index (κ1) is 11.4. The predicted octanol–water partition coefficient (Wildman–Crippen LogP) is 3.33. The summed E-state index contributed by atoms with van der Waals surface area (Å²) in [6.45, 7) is 0. The second kappa shape index (κ2) is 7.74. The highest BCUT2D eigenvalue weighted by Gasteiger charge is 2.13. The van der Waals surface area contributed by atoms with E-state index in [1.807, 2.05) is 0 Å². The van der Waals surface area contributed by atoms with Crippen molar-refractivity contribution in [1.29, 1.82) is 0 Å². The molecule has 0 amide bonds. The zero-order valence-corrected chi connectivity index (χ0v) is 9.67. The molecule has 0 radical (unpaired) electrons. The summed E-state index contributed by atoms with van der Waals surface area (Å²) in [6, 6.07) is 0. The second-order valence-corrected chi connectivity index (χ2v) is 6.25. The van der Waals surface area contributed by atoms with Gasteiger partial charge in [-0.15, -0.1) is 23.5 Å². The molecule has 13 heavy (non-hydrogen) atoms. The lowest BCUT2D eigenvalue weighted by molar-refractivity contribution is -0.107. The van der Waals surface area contributed by atoms with Crippen molar-refractivity contribution in [3.05, 3.63) is 0 Å². The lowest BCUT2D eigenvalue weighted by Gasteiger charge is -2.20. The van der Waals surface area contributed by atoms with Crippen molar-refractivity contribution < 1.29 is 4.79 Å². The molecule has 0 aromatic rings. The number of unbranched alkanes of at least 4 members (excludes halogenated alkanes) is 3. The van der Waals surface area contributed by atoms with Crippen LogP contribution in [0.4, 0.5) is 0 Å². The SMILES string of the molecule is O=CCCCCCC1SCCCS1. The standard InChI is InChI=1S/C10H18OS2/c11-7-4-2-1-3-6-10-12-8-5-9-13-10/h7,10H,1-6,8-9H2. The molecule has 1 nitrogen and oxygen atoms in total. The summed E-state index contributed by atoms with van der Waals surface area (Å²) in [7, 11) is 0. The van der Waals surface area contributed by atoms with E-state index >= 15 is 0 Å². The molecule has 76 valence electrons. The maximum atomic E-state index is 10.1. The average molecular weight is 218 g/mol. The Kier molecular flexibility index (Phi) is 6.82. The van der Waals surface area contributed by atoms with Crippen molar-refractivity contribution in [2.75, 3.05) is 11.5 Å². The van der Waals surface area contributed by atoms with E-state index in [4.69, 9.17) is 0 Å². The molecule has 0 bridgehead atoms. The number of carbonyl (C=O) groups is 1. The molecule has 0 atom stereocenters. The molecule has 1 fully saturated rings. The highest BCUT2D eigenvalue weighted by atomic mass is 32.2. The maximum Gasteiger partial charge on any atom is 0.119 e. The topological polar surface area (TPSA) is 17.1 Å². The first-order valence-corrected chi connectivity index (χ1v) is 7.20. The minimum absolute atomic E-state index is 0.755. The summed E-state index contributed by atoms with van der Waals surface area (Å²) >= 11 is 4.24. The van der Waals surface area contributed by atoms with E-state index in [1.165, 1.54) is 37.2 Å². The van der Waals surface area contributed by atoms with Crippen LogP contribution in [0.2, 0.25) is 0 Å². The van der Waals surface area contributed by atoms with Gasteiger partial charge in [0.25, 0.3) is 0 Å². The van der Waals surface area contributed by atoms with E-state index in [9.17, 15) is 4.79 Å². The Bertz CT molecular complexity index is 133. The molecule has 0 N–H and O–H groups in total. The van der Waals surface area contributed by atoms with Crippen LogP contribution in [0.3, 0.4) is 0 Å². The zero-order valence-electron chi connectivity index (χ0n) is 8.04. The van der Waals surface area contributed by atoms with Gasteiger partial charge in [0.1, 0.15) is 6.29 Å². The van der Waals surface area contributed by atoms with Crippen LogP contribution in [0.5, 0.6) is 0 Å². The Balaban J connectivity index is 1.89. The second-order valence-electron chi connectivity index (χ2n) is 3.33. The monoisotopic (exact) mass is 218 g/mol. The van der Waals surface area contributed by atoms with E-state index in [-0.39, 0.29) is 0 Å². The van der Waals surface area contributed by atoms with Crippen molar-refractivity contribution >= 4 is 29.8 Å². The van der Waals surface area contributed by atoms with Crippen molar-refractivity contribution in [1.82, 2.24) is 0 Å². The molecular weight excluding hydrogens is 200 g/mol. The van der Waals surface area contributed by atoms with Crippen molar-refractivity contribution in [2.45, 2.75) is 43.1 Å². The molecule has 3 heteroatoms. The van der Waals surface area contributed by atoms with Crippen LogP contribution in [-0.4, -0.2) is 22.4 Å². The molecule has 1 heterocycles. The number of aldehydes is 1. The Morgan fingerprint density at radius 2 is 1.92 bits per heavy atom. The quantitative estimate of drug-likeness (QED) is 0.503. The van der Waals surface area contributed by atoms with Crippen LogP contribution in [0, 0.1) is 0 Å². The highest BCUT2D eigenvalue weighted by molar-refractivity contribution is 8.17. The van der Waals surface area contributed by atoms with Gasteiger partial charge in [0.05, 0.1) is 4.58 Å². The minimum atomic E-state index is 0.755. The number of rotatable bonds is 6. The summed E-state index contributed by atoms with van der Waals surface area (Å²) in [4.78, 5) is 10.1. The molecule has 0 aromatic carbocycles. The molecular formula is C10H18OS2. The Morgan fingerprint density at radius 1 is 1.15 bits per heavy atom. The number of carbonyl (C=O) groups excluding carboxylic acids is 1. The molecule has 0 aromatic heterocycles. The van der Waals surface area contributed by atoms with Gasteiger partial charge in [0.2, 0.25) is 0 Å². The van der Waals surface area contributed by atoms with Gasteiger partial charge in [0, 0.05) is 6.42 Å². The number of hydrogen-bond acceptors (Lipinski definition) is 3. The van der Waals surface area contributed by atoms with Crippen molar-refractivity contribution in [3.63, 3.8) is 0 Å². The van der Waals surface area contributed by atoms with Gasteiger partial charge >= 0.3 is 0 Å². The average Bonchev–Trinajstić information content (AvgIpc) is 2.19. The van der Waals surface area contributed by atoms with Gasteiger partial charge in [-0.25, -0.2) is 0 Å². The highest BCUT2D eigenvalue weighted by Crippen LogP contribution is 2.33. The molecule has 1 aliphatic heterocycles. The largest absolute Gasteiger partial charge is 0.303 e. The Labute approximate surface area is 89.4 Å². The third-order valence-corrected chi connectivity index (χ3v) is 5.24. The van der Waals surface area contributed by atoms with Gasteiger partial charge in [-0.1, -0.05) is 12.8 Å². The predicted molar refractivity (Wildman–Crippen MR) is 62.5 cm³/mol. The van der Waals surface area contributed by atoms with E-state index in [1.54, 1.807) is 0 Å². The van der Waals surface area contributed by atoms with Crippen molar-refractivity contribution in [3.8, 4) is 0 Å². The number of thioether (sulfide) groups is 2. The lowest BCUT2D eigenvalue weighted by Crippen LogP contribution is -2.06. The van der Waals surface area contributed by atoms with Crippen LogP contribution < -0.4 is 0 Å². The molecule has 1 rings (SSSR count). The van der Waals surface area contributed by atoms with Crippen molar-refractivity contribution in [2.24, 2.45) is 0 Å². The van der Waals surface area contributed by atoms with Gasteiger partial charge in [-0.05, 0) is 30.8 Å². The van der Waals surface area contributed by atoms with Crippen LogP contribution in [-0.2, 0) is 4.79 Å².